The fourth-order valence-electron chi connectivity index (χ4n) is 2.51. The first-order chi connectivity index (χ1) is 14.4. The van der Waals surface area contributed by atoms with Gasteiger partial charge in [0.1, 0.15) is 6.61 Å². The van der Waals surface area contributed by atoms with Gasteiger partial charge in [-0.15, -0.1) is 0 Å². The van der Waals surface area contributed by atoms with Crippen molar-refractivity contribution in [2.45, 2.75) is 11.5 Å². The summed E-state index contributed by atoms with van der Waals surface area (Å²) in [6.45, 7) is 0.330. The van der Waals surface area contributed by atoms with Crippen LogP contribution >= 0.6 is 27.5 Å². The molecule has 3 rings (SSSR count). The van der Waals surface area contributed by atoms with Crippen molar-refractivity contribution in [3.63, 3.8) is 0 Å². The molecule has 0 bridgehead atoms. The minimum absolute atomic E-state index is 0.131. The Morgan fingerprint density at radius 1 is 1.10 bits per heavy atom. The lowest BCUT2D eigenvalue weighted by molar-refractivity contribution is 0.282. The summed E-state index contributed by atoms with van der Waals surface area (Å²) in [4.78, 5) is 2.32. The lowest BCUT2D eigenvalue weighted by atomic mass is 10.2. The van der Waals surface area contributed by atoms with E-state index in [1.54, 1.807) is 42.5 Å². The molecule has 9 heteroatoms. The summed E-state index contributed by atoms with van der Waals surface area (Å²) in [6.07, 6.45) is 1.39. The SMILES string of the molecule is COc1cc(/C=N\NS(=O)(=O)c2ccccc2)cc(Br)c1OCc1ccc(Cl)cc1. The van der Waals surface area contributed by atoms with E-state index < -0.39 is 10.0 Å². The van der Waals surface area contributed by atoms with Crippen molar-refractivity contribution < 1.29 is 17.9 Å². The Hall–Kier alpha value is -2.55. The Kier molecular flexibility index (Phi) is 7.36. The molecular weight excluding hydrogens is 492 g/mol. The van der Waals surface area contributed by atoms with Gasteiger partial charge in [-0.1, -0.05) is 41.9 Å². The molecule has 30 heavy (non-hydrogen) atoms. The van der Waals surface area contributed by atoms with Crippen LogP contribution in [0, 0.1) is 0 Å². The third-order valence-corrected chi connectivity index (χ3v) is 6.07. The minimum Gasteiger partial charge on any atom is -0.493 e. The normalized spacial score (nSPS) is 11.4. The molecule has 0 unspecified atom stereocenters. The predicted molar refractivity (Wildman–Crippen MR) is 121 cm³/mol. The maximum Gasteiger partial charge on any atom is 0.276 e. The lowest BCUT2D eigenvalue weighted by Crippen LogP contribution is -2.18. The third-order valence-electron chi connectivity index (χ3n) is 3.99. The first-order valence-corrected chi connectivity index (χ1v) is 11.4. The summed E-state index contributed by atoms with van der Waals surface area (Å²) in [6, 6.07) is 18.8. The van der Waals surface area contributed by atoms with Crippen LogP contribution in [0.15, 0.2) is 81.2 Å². The summed E-state index contributed by atoms with van der Waals surface area (Å²) < 4.78 is 36.4. The highest BCUT2D eigenvalue weighted by Gasteiger charge is 2.13. The van der Waals surface area contributed by atoms with Gasteiger partial charge in [0.05, 0.1) is 22.7 Å². The minimum atomic E-state index is -3.73. The standard InChI is InChI=1S/C21H18BrClN2O4S/c1-28-20-12-16(13-24-25-30(26,27)18-5-3-2-4-6-18)11-19(22)21(20)29-14-15-7-9-17(23)10-8-15/h2-13,25H,14H2,1H3/b24-13-. The Labute approximate surface area is 188 Å². The number of hydrogen-bond acceptors (Lipinski definition) is 5. The zero-order chi connectivity index (χ0) is 21.6. The zero-order valence-electron chi connectivity index (χ0n) is 15.9. The van der Waals surface area contributed by atoms with Crippen LogP contribution in [-0.4, -0.2) is 21.7 Å². The molecule has 156 valence electrons. The molecule has 1 N–H and O–H groups in total. The molecule has 0 fully saturated rings. The maximum atomic E-state index is 12.2. The monoisotopic (exact) mass is 508 g/mol. The average Bonchev–Trinajstić information content (AvgIpc) is 2.74. The van der Waals surface area contributed by atoms with Crippen LogP contribution in [0.25, 0.3) is 0 Å². The molecule has 0 saturated heterocycles. The molecule has 0 radical (unpaired) electrons. The molecule has 0 aliphatic rings. The van der Waals surface area contributed by atoms with E-state index in [4.69, 9.17) is 21.1 Å². The third kappa shape index (κ3) is 5.75. The number of ether oxygens (including phenoxy) is 2. The van der Waals surface area contributed by atoms with Crippen molar-refractivity contribution in [3.8, 4) is 11.5 Å². The van der Waals surface area contributed by atoms with E-state index in [0.717, 1.165) is 5.56 Å². The Morgan fingerprint density at radius 2 is 1.80 bits per heavy atom. The molecule has 0 saturated carbocycles. The van der Waals surface area contributed by atoms with Crippen LogP contribution in [0.2, 0.25) is 5.02 Å². The molecule has 3 aromatic rings. The van der Waals surface area contributed by atoms with E-state index >= 15 is 0 Å². The number of hydrazone groups is 1. The van der Waals surface area contributed by atoms with Crippen LogP contribution in [0.3, 0.4) is 0 Å². The van der Waals surface area contributed by atoms with Crippen molar-refractivity contribution in [1.29, 1.82) is 0 Å². The van der Waals surface area contributed by atoms with E-state index in [9.17, 15) is 8.42 Å². The van der Waals surface area contributed by atoms with Gasteiger partial charge in [0.25, 0.3) is 10.0 Å². The summed E-state index contributed by atoms with van der Waals surface area (Å²) >= 11 is 9.37. The van der Waals surface area contributed by atoms with Gasteiger partial charge in [-0.2, -0.15) is 13.5 Å². The van der Waals surface area contributed by atoms with E-state index in [0.29, 0.717) is 33.2 Å². The van der Waals surface area contributed by atoms with Gasteiger partial charge < -0.3 is 9.47 Å². The molecule has 0 aliphatic carbocycles. The molecule has 0 amide bonds. The van der Waals surface area contributed by atoms with Gasteiger partial charge in [0, 0.05) is 5.02 Å². The van der Waals surface area contributed by atoms with Crippen LogP contribution < -0.4 is 14.3 Å². The van der Waals surface area contributed by atoms with E-state index in [1.165, 1.54) is 25.5 Å². The van der Waals surface area contributed by atoms with Crippen LogP contribution in [0.5, 0.6) is 11.5 Å². The van der Waals surface area contributed by atoms with Crippen molar-refractivity contribution >= 4 is 43.8 Å². The fourth-order valence-corrected chi connectivity index (χ4v) is 4.03. The second kappa shape index (κ2) is 9.97. The highest BCUT2D eigenvalue weighted by atomic mass is 79.9. The first-order valence-electron chi connectivity index (χ1n) is 8.74. The van der Waals surface area contributed by atoms with Gasteiger partial charge in [0.15, 0.2) is 11.5 Å². The van der Waals surface area contributed by atoms with Gasteiger partial charge >= 0.3 is 0 Å². The second-order valence-corrected chi connectivity index (χ2v) is 9.07. The number of nitrogens with zero attached hydrogens (tertiary/aromatic N) is 1. The summed E-state index contributed by atoms with van der Waals surface area (Å²) in [7, 11) is -2.21. The number of nitrogens with one attached hydrogen (secondary N) is 1. The van der Waals surface area contributed by atoms with Crippen molar-refractivity contribution in [2.24, 2.45) is 5.10 Å². The number of sulfonamides is 1. The largest absolute Gasteiger partial charge is 0.493 e. The first kappa shape index (κ1) is 22.1. The number of halogens is 2. The molecule has 0 aromatic heterocycles. The highest BCUT2D eigenvalue weighted by Crippen LogP contribution is 2.37. The molecule has 3 aromatic carbocycles. The number of rotatable bonds is 8. The molecular formula is C21H18BrClN2O4S. The smallest absolute Gasteiger partial charge is 0.276 e. The number of benzene rings is 3. The van der Waals surface area contributed by atoms with Crippen LogP contribution in [0.4, 0.5) is 0 Å². The second-order valence-electron chi connectivity index (χ2n) is 6.12. The summed E-state index contributed by atoms with van der Waals surface area (Å²) in [5.41, 5.74) is 1.57. The molecule has 0 atom stereocenters. The van der Waals surface area contributed by atoms with Crippen molar-refractivity contribution in [3.05, 3.63) is 87.4 Å². The van der Waals surface area contributed by atoms with Crippen molar-refractivity contribution in [2.75, 3.05) is 7.11 Å². The highest BCUT2D eigenvalue weighted by molar-refractivity contribution is 9.10. The van der Waals surface area contributed by atoms with Gasteiger partial charge in [0.2, 0.25) is 0 Å². The van der Waals surface area contributed by atoms with Crippen LogP contribution in [0.1, 0.15) is 11.1 Å². The average molecular weight is 510 g/mol. The molecule has 0 spiro atoms. The predicted octanol–water partition coefficient (Wildman–Crippen LogP) is 5.00. The topological polar surface area (TPSA) is 77.0 Å². The number of hydrogen-bond donors (Lipinski definition) is 1. The zero-order valence-corrected chi connectivity index (χ0v) is 19.0. The molecule has 0 heterocycles. The van der Waals surface area contributed by atoms with Gasteiger partial charge in [-0.05, 0) is 63.5 Å². The Bertz CT molecular complexity index is 1140. The summed E-state index contributed by atoms with van der Waals surface area (Å²) in [5.74, 6) is 1.00. The van der Waals surface area contributed by atoms with E-state index in [2.05, 4.69) is 25.9 Å². The van der Waals surface area contributed by atoms with Gasteiger partial charge in [-0.25, -0.2) is 4.83 Å². The quantitative estimate of drug-likeness (QED) is 0.342. The molecule has 6 nitrogen and oxygen atoms in total. The maximum absolute atomic E-state index is 12.2. The van der Waals surface area contributed by atoms with Crippen molar-refractivity contribution in [1.82, 2.24) is 4.83 Å². The fraction of sp³-hybridized carbons (Fsp3) is 0.0952. The lowest BCUT2D eigenvalue weighted by Gasteiger charge is -2.13. The number of methoxy groups -OCH3 is 1. The summed E-state index contributed by atoms with van der Waals surface area (Å²) in [5, 5.41) is 4.50. The Balaban J connectivity index is 1.73. The van der Waals surface area contributed by atoms with E-state index in [-0.39, 0.29) is 4.90 Å². The van der Waals surface area contributed by atoms with Crippen LogP contribution in [-0.2, 0) is 16.6 Å². The Morgan fingerprint density at radius 3 is 2.47 bits per heavy atom. The van der Waals surface area contributed by atoms with E-state index in [1.807, 2.05) is 12.1 Å². The molecule has 0 aliphatic heterocycles. The van der Waals surface area contributed by atoms with Gasteiger partial charge in [-0.3, -0.25) is 0 Å².